The van der Waals surface area contributed by atoms with Gasteiger partial charge in [0.2, 0.25) is 5.91 Å². The number of nitrogens with two attached hydrogens (primary N) is 1. The fourth-order valence-electron chi connectivity index (χ4n) is 2.57. The molecule has 1 heterocycles. The normalized spacial score (nSPS) is 22.2. The van der Waals surface area contributed by atoms with Gasteiger partial charge in [0, 0.05) is 19.2 Å². The van der Waals surface area contributed by atoms with Crippen LogP contribution in [0.5, 0.6) is 0 Å². The maximum absolute atomic E-state index is 12.2. The third-order valence-electron chi connectivity index (χ3n) is 3.40. The number of likely N-dealkylation sites (tertiary alicyclic amines) is 1. The number of hydrogen-bond acceptors (Lipinski definition) is 3. The lowest BCUT2D eigenvalue weighted by Crippen LogP contribution is -2.46. The predicted molar refractivity (Wildman–Crippen MR) is 68.5 cm³/mol. The number of hydrogen-bond donors (Lipinski definition) is 2. The van der Waals surface area contributed by atoms with Gasteiger partial charge in [-0.15, -0.1) is 0 Å². The molecule has 1 aliphatic rings. The highest BCUT2D eigenvalue weighted by molar-refractivity contribution is 5.82. The maximum Gasteiger partial charge on any atom is 0.239 e. The van der Waals surface area contributed by atoms with Crippen molar-refractivity contribution in [2.45, 2.75) is 58.0 Å². The van der Waals surface area contributed by atoms with Gasteiger partial charge < -0.3 is 15.7 Å². The SMILES string of the molecule is CC(C)CC(N)C(=O)N1CCCC1CCCO. The fourth-order valence-corrected chi connectivity index (χ4v) is 2.57. The van der Waals surface area contributed by atoms with Gasteiger partial charge in [-0.2, -0.15) is 0 Å². The van der Waals surface area contributed by atoms with Crippen molar-refractivity contribution in [3.05, 3.63) is 0 Å². The van der Waals surface area contributed by atoms with Crippen molar-refractivity contribution in [2.75, 3.05) is 13.2 Å². The van der Waals surface area contributed by atoms with E-state index < -0.39 is 0 Å². The number of carbonyl (C=O) groups is 1. The van der Waals surface area contributed by atoms with Crippen molar-refractivity contribution >= 4 is 5.91 Å². The van der Waals surface area contributed by atoms with E-state index in [2.05, 4.69) is 13.8 Å². The highest BCUT2D eigenvalue weighted by Crippen LogP contribution is 2.22. The molecule has 3 N–H and O–H groups in total. The summed E-state index contributed by atoms with van der Waals surface area (Å²) in [7, 11) is 0. The second-order valence-electron chi connectivity index (χ2n) is 5.43. The van der Waals surface area contributed by atoms with E-state index in [9.17, 15) is 4.79 Å². The van der Waals surface area contributed by atoms with Crippen LogP contribution in [0, 0.1) is 5.92 Å². The third kappa shape index (κ3) is 4.28. The molecule has 17 heavy (non-hydrogen) atoms. The Kier molecular flexibility index (Phi) is 5.92. The fraction of sp³-hybridized carbons (Fsp3) is 0.923. The Labute approximate surface area is 104 Å². The van der Waals surface area contributed by atoms with Crippen LogP contribution in [0.1, 0.15) is 46.0 Å². The van der Waals surface area contributed by atoms with Crippen LogP contribution in [-0.4, -0.2) is 41.1 Å². The minimum absolute atomic E-state index is 0.0964. The Balaban J connectivity index is 2.48. The first-order valence-corrected chi connectivity index (χ1v) is 6.73. The van der Waals surface area contributed by atoms with E-state index in [4.69, 9.17) is 10.8 Å². The van der Waals surface area contributed by atoms with Crippen molar-refractivity contribution < 1.29 is 9.90 Å². The van der Waals surface area contributed by atoms with Gasteiger partial charge in [0.1, 0.15) is 0 Å². The summed E-state index contributed by atoms with van der Waals surface area (Å²) in [6.07, 6.45) is 4.54. The molecular formula is C13H26N2O2. The molecule has 2 atom stereocenters. The van der Waals surface area contributed by atoms with Gasteiger partial charge in [-0.25, -0.2) is 0 Å². The first-order chi connectivity index (χ1) is 8.06. The molecule has 0 radical (unpaired) electrons. The molecule has 0 aliphatic carbocycles. The van der Waals surface area contributed by atoms with Gasteiger partial charge in [-0.05, 0) is 38.0 Å². The second-order valence-corrected chi connectivity index (χ2v) is 5.43. The zero-order valence-electron chi connectivity index (χ0n) is 11.1. The minimum atomic E-state index is -0.357. The molecule has 4 heteroatoms. The van der Waals surface area contributed by atoms with E-state index >= 15 is 0 Å². The van der Waals surface area contributed by atoms with Gasteiger partial charge in [-0.3, -0.25) is 4.79 Å². The lowest BCUT2D eigenvalue weighted by atomic mass is 10.0. The summed E-state index contributed by atoms with van der Waals surface area (Å²) < 4.78 is 0. The van der Waals surface area contributed by atoms with Crippen LogP contribution in [0.4, 0.5) is 0 Å². The minimum Gasteiger partial charge on any atom is -0.396 e. The molecule has 100 valence electrons. The van der Waals surface area contributed by atoms with Crippen LogP contribution in [0.15, 0.2) is 0 Å². The number of carbonyl (C=O) groups excluding carboxylic acids is 1. The maximum atomic E-state index is 12.2. The van der Waals surface area contributed by atoms with Gasteiger partial charge >= 0.3 is 0 Å². The van der Waals surface area contributed by atoms with Crippen molar-refractivity contribution in [1.29, 1.82) is 0 Å². The molecule has 0 aromatic carbocycles. The number of aliphatic hydroxyl groups excluding tert-OH is 1. The molecule has 0 spiro atoms. The molecule has 0 aromatic heterocycles. The second kappa shape index (κ2) is 6.97. The zero-order valence-corrected chi connectivity index (χ0v) is 11.1. The Morgan fingerprint density at radius 1 is 1.53 bits per heavy atom. The molecule has 1 fully saturated rings. The molecule has 0 saturated carbocycles. The zero-order chi connectivity index (χ0) is 12.8. The van der Waals surface area contributed by atoms with Crippen LogP contribution < -0.4 is 5.73 Å². The van der Waals surface area contributed by atoms with Crippen LogP contribution in [0.25, 0.3) is 0 Å². The number of nitrogens with zero attached hydrogens (tertiary/aromatic N) is 1. The Morgan fingerprint density at radius 3 is 2.82 bits per heavy atom. The van der Waals surface area contributed by atoms with Crippen molar-refractivity contribution in [1.82, 2.24) is 4.90 Å². The summed E-state index contributed by atoms with van der Waals surface area (Å²) in [4.78, 5) is 14.1. The number of aliphatic hydroxyl groups is 1. The Hall–Kier alpha value is -0.610. The van der Waals surface area contributed by atoms with Crippen LogP contribution in [0.2, 0.25) is 0 Å². The van der Waals surface area contributed by atoms with Gasteiger partial charge in [-0.1, -0.05) is 13.8 Å². The summed E-state index contributed by atoms with van der Waals surface area (Å²) in [5.41, 5.74) is 5.95. The average molecular weight is 242 g/mol. The molecular weight excluding hydrogens is 216 g/mol. The average Bonchev–Trinajstić information content (AvgIpc) is 2.72. The summed E-state index contributed by atoms with van der Waals surface area (Å²) in [5.74, 6) is 0.548. The smallest absolute Gasteiger partial charge is 0.239 e. The summed E-state index contributed by atoms with van der Waals surface area (Å²) in [5, 5.41) is 8.85. The van der Waals surface area contributed by atoms with Gasteiger partial charge in [0.15, 0.2) is 0 Å². The predicted octanol–water partition coefficient (Wildman–Crippen LogP) is 1.12. The summed E-state index contributed by atoms with van der Waals surface area (Å²) in [6, 6.07) is -0.0578. The topological polar surface area (TPSA) is 66.6 Å². The molecule has 1 aliphatic heterocycles. The lowest BCUT2D eigenvalue weighted by molar-refractivity contribution is -0.133. The van der Waals surface area contributed by atoms with Crippen molar-refractivity contribution in [3.63, 3.8) is 0 Å². The molecule has 0 aromatic rings. The molecule has 1 rings (SSSR count). The quantitative estimate of drug-likeness (QED) is 0.733. The molecule has 2 unspecified atom stereocenters. The van der Waals surface area contributed by atoms with E-state index in [1.54, 1.807) is 0 Å². The Bertz CT molecular complexity index is 244. The van der Waals surface area contributed by atoms with E-state index in [-0.39, 0.29) is 18.6 Å². The Morgan fingerprint density at radius 2 is 2.24 bits per heavy atom. The molecule has 0 bridgehead atoms. The summed E-state index contributed by atoms with van der Waals surface area (Å²) in [6.45, 7) is 5.21. The first-order valence-electron chi connectivity index (χ1n) is 6.73. The van der Waals surface area contributed by atoms with Crippen LogP contribution >= 0.6 is 0 Å². The third-order valence-corrected chi connectivity index (χ3v) is 3.40. The van der Waals surface area contributed by atoms with Gasteiger partial charge in [0.25, 0.3) is 0 Å². The molecule has 1 saturated heterocycles. The van der Waals surface area contributed by atoms with Crippen molar-refractivity contribution in [2.24, 2.45) is 11.7 Å². The number of amides is 1. The highest BCUT2D eigenvalue weighted by atomic mass is 16.3. The number of rotatable bonds is 6. The highest BCUT2D eigenvalue weighted by Gasteiger charge is 2.31. The monoisotopic (exact) mass is 242 g/mol. The largest absolute Gasteiger partial charge is 0.396 e. The molecule has 1 amide bonds. The van der Waals surface area contributed by atoms with E-state index in [1.807, 2.05) is 4.90 Å². The van der Waals surface area contributed by atoms with E-state index in [0.717, 1.165) is 38.6 Å². The first kappa shape index (κ1) is 14.5. The lowest BCUT2D eigenvalue weighted by Gasteiger charge is -2.28. The molecule has 4 nitrogen and oxygen atoms in total. The van der Waals surface area contributed by atoms with Gasteiger partial charge in [0.05, 0.1) is 6.04 Å². The van der Waals surface area contributed by atoms with Crippen LogP contribution in [0.3, 0.4) is 0 Å². The van der Waals surface area contributed by atoms with Crippen LogP contribution in [-0.2, 0) is 4.79 Å². The van der Waals surface area contributed by atoms with E-state index in [1.165, 1.54) is 0 Å². The van der Waals surface area contributed by atoms with Crippen molar-refractivity contribution in [3.8, 4) is 0 Å². The standard InChI is InChI=1S/C13H26N2O2/c1-10(2)9-12(14)13(17)15-7-3-5-11(15)6-4-8-16/h10-12,16H,3-9,14H2,1-2H3. The van der Waals surface area contributed by atoms with E-state index in [0.29, 0.717) is 12.0 Å². The summed E-state index contributed by atoms with van der Waals surface area (Å²) >= 11 is 0.